The predicted octanol–water partition coefficient (Wildman–Crippen LogP) is 4.94. The minimum atomic E-state index is -0.984. The fourth-order valence-corrected chi connectivity index (χ4v) is 4.96. The van der Waals surface area contributed by atoms with E-state index in [-0.39, 0.29) is 53.4 Å². The Kier molecular flexibility index (Phi) is 5.94. The maximum absolute atomic E-state index is 13.2. The summed E-state index contributed by atoms with van der Waals surface area (Å²) in [5.41, 5.74) is 0.0502. The molecule has 0 amide bonds. The largest absolute Gasteiger partial charge is 0.512 e. The molecule has 0 unspecified atom stereocenters. The Hall–Kier alpha value is -2.43. The van der Waals surface area contributed by atoms with Crippen LogP contribution in [0.5, 0.6) is 5.75 Å². The fraction of sp³-hybridized carbons (Fsp3) is 0.560. The summed E-state index contributed by atoms with van der Waals surface area (Å²) >= 11 is 0. The molecule has 1 aromatic carbocycles. The zero-order chi connectivity index (χ0) is 22.3. The van der Waals surface area contributed by atoms with Gasteiger partial charge in [0.25, 0.3) is 0 Å². The van der Waals surface area contributed by atoms with Crippen LogP contribution in [-0.2, 0) is 14.4 Å². The van der Waals surface area contributed by atoms with Crippen LogP contribution in [0.25, 0.3) is 0 Å². The van der Waals surface area contributed by atoms with Gasteiger partial charge in [-0.15, -0.1) is 0 Å². The Morgan fingerprint density at radius 2 is 1.53 bits per heavy atom. The molecule has 0 saturated heterocycles. The molecule has 1 aromatic rings. The molecule has 0 radical (unpaired) electrons. The number of Topliss-reactive ketones (excluding diaryl/α,β-unsaturated/α-hetero) is 3. The van der Waals surface area contributed by atoms with Gasteiger partial charge < -0.3 is 9.84 Å². The van der Waals surface area contributed by atoms with Gasteiger partial charge in [-0.25, -0.2) is 0 Å². The zero-order valence-electron chi connectivity index (χ0n) is 18.6. The number of allylic oxidation sites excluding steroid dienone is 2. The first-order valence-electron chi connectivity index (χ1n) is 10.7. The Labute approximate surface area is 178 Å². The molecule has 1 saturated carbocycles. The highest BCUT2D eigenvalue weighted by atomic mass is 16.5. The van der Waals surface area contributed by atoms with Gasteiger partial charge >= 0.3 is 0 Å². The molecule has 0 spiro atoms. The molecule has 0 aliphatic heterocycles. The topological polar surface area (TPSA) is 80.7 Å². The smallest absolute Gasteiger partial charge is 0.163 e. The summed E-state index contributed by atoms with van der Waals surface area (Å²) in [4.78, 5) is 39.6. The van der Waals surface area contributed by atoms with Gasteiger partial charge in [0.2, 0.25) is 0 Å². The van der Waals surface area contributed by atoms with E-state index >= 15 is 0 Å². The highest BCUT2D eigenvalue weighted by molar-refractivity contribution is 6.09. The van der Waals surface area contributed by atoms with Gasteiger partial charge in [0.05, 0.1) is 12.5 Å². The summed E-state index contributed by atoms with van der Waals surface area (Å²) in [6, 6.07) is 7.20. The Morgan fingerprint density at radius 1 is 0.967 bits per heavy atom. The average molecular weight is 413 g/mol. The maximum atomic E-state index is 13.2. The van der Waals surface area contributed by atoms with Crippen molar-refractivity contribution in [2.45, 2.75) is 66.2 Å². The molecule has 30 heavy (non-hydrogen) atoms. The van der Waals surface area contributed by atoms with Crippen LogP contribution in [0.15, 0.2) is 35.6 Å². The number of hydrogen-bond acceptors (Lipinski definition) is 5. The molecule has 1 N–H and O–H groups in total. The number of carbonyl (C=O) groups is 3. The van der Waals surface area contributed by atoms with Crippen molar-refractivity contribution in [1.29, 1.82) is 0 Å². The molecule has 5 heteroatoms. The standard InChI is InChI=1S/C25H32O5/c1-6-30-20-10-8-7-9-15(20)21(22-16(26)11-24(2,3)12-17(22)27)23-18(28)13-25(4,5)14-19(23)29/h7-10,21-22,28H,6,11-14H2,1-5H3/t21-/m0/s1. The second-order valence-electron chi connectivity index (χ2n) is 10.2. The van der Waals surface area contributed by atoms with E-state index in [1.807, 2.05) is 40.7 Å². The van der Waals surface area contributed by atoms with Crippen molar-refractivity contribution < 1.29 is 24.2 Å². The zero-order valence-corrected chi connectivity index (χ0v) is 18.6. The third-order valence-electron chi connectivity index (χ3n) is 6.09. The van der Waals surface area contributed by atoms with Crippen molar-refractivity contribution in [1.82, 2.24) is 0 Å². The van der Waals surface area contributed by atoms with E-state index in [2.05, 4.69) is 0 Å². The summed E-state index contributed by atoms with van der Waals surface area (Å²) in [7, 11) is 0. The highest BCUT2D eigenvalue weighted by Crippen LogP contribution is 2.49. The van der Waals surface area contributed by atoms with Gasteiger partial charge in [-0.2, -0.15) is 0 Å². The van der Waals surface area contributed by atoms with Crippen LogP contribution >= 0.6 is 0 Å². The second kappa shape index (κ2) is 8.01. The van der Waals surface area contributed by atoms with Crippen LogP contribution in [0.4, 0.5) is 0 Å². The number of hydrogen-bond donors (Lipinski definition) is 1. The van der Waals surface area contributed by atoms with Crippen molar-refractivity contribution in [2.75, 3.05) is 6.61 Å². The molecular formula is C25H32O5. The summed E-state index contributed by atoms with van der Waals surface area (Å²) in [5.74, 6) is -1.85. The predicted molar refractivity (Wildman–Crippen MR) is 115 cm³/mol. The molecule has 2 aliphatic rings. The maximum Gasteiger partial charge on any atom is 0.163 e. The number of carbonyl (C=O) groups excluding carboxylic acids is 3. The van der Waals surface area contributed by atoms with Crippen molar-refractivity contribution in [2.24, 2.45) is 16.7 Å². The molecule has 162 valence electrons. The normalized spacial score (nSPS) is 22.9. The summed E-state index contributed by atoms with van der Waals surface area (Å²) < 4.78 is 5.78. The monoisotopic (exact) mass is 412 g/mol. The number of rotatable bonds is 5. The van der Waals surface area contributed by atoms with Crippen LogP contribution in [0.1, 0.15) is 71.8 Å². The van der Waals surface area contributed by atoms with Crippen LogP contribution in [-0.4, -0.2) is 29.1 Å². The first-order valence-corrected chi connectivity index (χ1v) is 10.7. The number of ether oxygens (including phenoxy) is 1. The van der Waals surface area contributed by atoms with E-state index in [4.69, 9.17) is 4.74 Å². The molecule has 1 atom stereocenters. The van der Waals surface area contributed by atoms with Crippen LogP contribution < -0.4 is 4.74 Å². The Morgan fingerprint density at radius 3 is 2.10 bits per heavy atom. The minimum absolute atomic E-state index is 0.0158. The number of aliphatic hydroxyl groups excluding tert-OH is 1. The second-order valence-corrected chi connectivity index (χ2v) is 10.2. The summed E-state index contributed by atoms with van der Waals surface area (Å²) in [6.07, 6.45) is 1.14. The highest BCUT2D eigenvalue weighted by Gasteiger charge is 2.49. The first kappa shape index (κ1) is 22.3. The lowest BCUT2D eigenvalue weighted by molar-refractivity contribution is -0.140. The third kappa shape index (κ3) is 4.35. The van der Waals surface area contributed by atoms with Gasteiger partial charge in [-0.05, 0) is 23.8 Å². The number of ketones is 3. The number of aliphatic hydroxyl groups is 1. The number of benzene rings is 1. The van der Waals surface area contributed by atoms with E-state index in [1.165, 1.54) is 0 Å². The van der Waals surface area contributed by atoms with E-state index in [1.54, 1.807) is 18.2 Å². The lowest BCUT2D eigenvalue weighted by Gasteiger charge is -2.39. The van der Waals surface area contributed by atoms with Crippen molar-refractivity contribution in [3.8, 4) is 5.75 Å². The summed E-state index contributed by atoms with van der Waals surface area (Å²) in [6.45, 7) is 9.95. The van der Waals surface area contributed by atoms with Crippen molar-refractivity contribution in [3.63, 3.8) is 0 Å². The molecule has 0 heterocycles. The van der Waals surface area contributed by atoms with E-state index in [9.17, 15) is 19.5 Å². The van der Waals surface area contributed by atoms with Crippen molar-refractivity contribution >= 4 is 17.3 Å². The molecule has 0 bridgehead atoms. The quantitative estimate of drug-likeness (QED) is 0.693. The Balaban J connectivity index is 2.20. The Bertz CT molecular complexity index is 886. The van der Waals surface area contributed by atoms with E-state index in [0.717, 1.165) is 0 Å². The van der Waals surface area contributed by atoms with E-state index in [0.29, 0.717) is 24.3 Å². The molecule has 3 rings (SSSR count). The SMILES string of the molecule is CCOc1ccccc1[C@H](C1=C(O)CC(C)(C)CC1=O)C1C(=O)CC(C)(C)CC1=O. The van der Waals surface area contributed by atoms with Gasteiger partial charge in [-0.3, -0.25) is 14.4 Å². The average Bonchev–Trinajstić information content (AvgIpc) is 2.58. The lowest BCUT2D eigenvalue weighted by Crippen LogP contribution is -2.43. The van der Waals surface area contributed by atoms with Crippen LogP contribution in [0, 0.1) is 16.7 Å². The minimum Gasteiger partial charge on any atom is -0.512 e. The first-order chi connectivity index (χ1) is 14.0. The molecule has 1 fully saturated rings. The molecule has 2 aliphatic carbocycles. The third-order valence-corrected chi connectivity index (χ3v) is 6.09. The van der Waals surface area contributed by atoms with Crippen LogP contribution in [0.2, 0.25) is 0 Å². The number of para-hydroxylation sites is 1. The molecule has 0 aromatic heterocycles. The van der Waals surface area contributed by atoms with Gasteiger partial charge in [0, 0.05) is 42.7 Å². The van der Waals surface area contributed by atoms with E-state index < -0.39 is 17.3 Å². The fourth-order valence-electron chi connectivity index (χ4n) is 4.96. The van der Waals surface area contributed by atoms with Crippen LogP contribution in [0.3, 0.4) is 0 Å². The van der Waals surface area contributed by atoms with Crippen molar-refractivity contribution in [3.05, 3.63) is 41.2 Å². The molecule has 5 nitrogen and oxygen atoms in total. The molecular weight excluding hydrogens is 380 g/mol. The lowest BCUT2D eigenvalue weighted by atomic mass is 9.62. The van der Waals surface area contributed by atoms with Gasteiger partial charge in [0.1, 0.15) is 23.1 Å². The van der Waals surface area contributed by atoms with Gasteiger partial charge in [0.15, 0.2) is 5.78 Å². The summed E-state index contributed by atoms with van der Waals surface area (Å²) in [5, 5.41) is 10.9. The van der Waals surface area contributed by atoms with Gasteiger partial charge in [-0.1, -0.05) is 45.9 Å².